The first-order valence-electron chi connectivity index (χ1n) is 4.07. The molecule has 0 N–H and O–H groups in total. The number of unbranched alkanes of at least 4 members (excludes halogenated alkanes) is 1. The predicted molar refractivity (Wildman–Crippen MR) is 49.9 cm³/mol. The quantitative estimate of drug-likeness (QED) is 0.438. The molecule has 0 aromatic carbocycles. The van der Waals surface area contributed by atoms with E-state index in [4.69, 9.17) is 0 Å². The zero-order chi connectivity index (χ0) is 7.40. The van der Waals surface area contributed by atoms with Crippen LogP contribution in [0.15, 0.2) is 4.99 Å². The fraction of sp³-hybridized carbons (Fsp3) is 0.875. The topological polar surface area (TPSA) is 12.4 Å². The number of nitrogens with zero attached hydrogens (tertiary/aromatic N) is 1. The van der Waals surface area contributed by atoms with E-state index in [0.29, 0.717) is 0 Å². The van der Waals surface area contributed by atoms with Crippen LogP contribution in [0.3, 0.4) is 0 Å². The third-order valence-corrected chi connectivity index (χ3v) is 3.03. The lowest BCUT2D eigenvalue weighted by Crippen LogP contribution is -2.04. The lowest BCUT2D eigenvalue weighted by Gasteiger charge is -1.99. The van der Waals surface area contributed by atoms with Crippen molar-refractivity contribution in [1.29, 1.82) is 0 Å². The van der Waals surface area contributed by atoms with Crippen LogP contribution in [-0.2, 0) is 0 Å². The average molecular weight is 157 g/mol. The highest BCUT2D eigenvalue weighted by Gasteiger charge is 2.25. The van der Waals surface area contributed by atoms with Crippen LogP contribution in [0.25, 0.3) is 0 Å². The highest BCUT2D eigenvalue weighted by Crippen LogP contribution is 2.40. The molecule has 0 aromatic rings. The molecule has 2 unspecified atom stereocenters. The molecule has 0 aliphatic carbocycles. The van der Waals surface area contributed by atoms with Crippen molar-refractivity contribution < 1.29 is 0 Å². The van der Waals surface area contributed by atoms with Gasteiger partial charge in [-0.3, -0.25) is 4.99 Å². The summed E-state index contributed by atoms with van der Waals surface area (Å²) in [5.41, 5.74) is 2.40. The zero-order valence-electron chi connectivity index (χ0n) is 6.85. The second-order valence-corrected chi connectivity index (χ2v) is 4.29. The van der Waals surface area contributed by atoms with Crippen molar-refractivity contribution in [3.8, 4) is 0 Å². The number of aliphatic imine (C=N–C) groups is 1. The van der Waals surface area contributed by atoms with Crippen LogP contribution in [0.2, 0.25) is 0 Å². The third kappa shape index (κ3) is 2.38. The van der Waals surface area contributed by atoms with Crippen molar-refractivity contribution in [2.75, 3.05) is 13.2 Å². The fourth-order valence-electron chi connectivity index (χ4n) is 1.09. The average Bonchev–Trinajstić information content (AvgIpc) is 2.73. The Kier molecular flexibility index (Phi) is 3.34. The summed E-state index contributed by atoms with van der Waals surface area (Å²) in [5.74, 6) is 0. The predicted octanol–water partition coefficient (Wildman–Crippen LogP) is 2.31. The molecule has 0 radical (unpaired) electrons. The van der Waals surface area contributed by atoms with Gasteiger partial charge in [0.15, 0.2) is 0 Å². The van der Waals surface area contributed by atoms with Crippen LogP contribution >= 0.6 is 8.58 Å². The molecule has 0 spiro atoms. The molecule has 1 aliphatic rings. The molecule has 2 heteroatoms. The van der Waals surface area contributed by atoms with Gasteiger partial charge in [-0.2, -0.15) is 0 Å². The van der Waals surface area contributed by atoms with Crippen LogP contribution in [-0.4, -0.2) is 24.6 Å². The molecule has 2 atom stereocenters. The smallest absolute Gasteiger partial charge is 0.0276 e. The Morgan fingerprint density at radius 2 is 2.40 bits per heavy atom. The van der Waals surface area contributed by atoms with E-state index < -0.39 is 0 Å². The number of rotatable bonds is 4. The second-order valence-electron chi connectivity index (χ2n) is 2.78. The number of hydrogen-bond acceptors (Lipinski definition) is 1. The standard InChI is InChI=1S/C8H16NP/c1-3-4-5-7(9-2)8-6-10-8/h8,10H,3-6H2,1-2H3. The molecule has 0 amide bonds. The van der Waals surface area contributed by atoms with E-state index in [1.165, 1.54) is 39.7 Å². The summed E-state index contributed by atoms with van der Waals surface area (Å²) in [6.45, 7) is 2.24. The van der Waals surface area contributed by atoms with Crippen LogP contribution in [0.5, 0.6) is 0 Å². The first-order valence-corrected chi connectivity index (χ1v) is 5.36. The molecule has 1 rings (SSSR count). The van der Waals surface area contributed by atoms with Crippen molar-refractivity contribution in [3.63, 3.8) is 0 Å². The summed E-state index contributed by atoms with van der Waals surface area (Å²) >= 11 is 0. The monoisotopic (exact) mass is 157 g/mol. The van der Waals surface area contributed by atoms with Gasteiger partial charge in [0.25, 0.3) is 0 Å². The SMILES string of the molecule is CCCCC(=NC)C1CP1. The number of hydrogen-bond donors (Lipinski definition) is 0. The molecule has 1 heterocycles. The van der Waals surface area contributed by atoms with E-state index in [9.17, 15) is 0 Å². The summed E-state index contributed by atoms with van der Waals surface area (Å²) in [7, 11) is 3.13. The van der Waals surface area contributed by atoms with Crippen molar-refractivity contribution in [1.82, 2.24) is 0 Å². The van der Waals surface area contributed by atoms with E-state index in [1.807, 2.05) is 7.05 Å². The van der Waals surface area contributed by atoms with E-state index in [0.717, 1.165) is 5.66 Å². The Morgan fingerprint density at radius 3 is 2.80 bits per heavy atom. The lowest BCUT2D eigenvalue weighted by atomic mass is 10.1. The maximum absolute atomic E-state index is 4.31. The third-order valence-electron chi connectivity index (χ3n) is 1.88. The van der Waals surface area contributed by atoms with Gasteiger partial charge in [-0.1, -0.05) is 13.3 Å². The van der Waals surface area contributed by atoms with Crippen molar-refractivity contribution in [2.45, 2.75) is 31.8 Å². The van der Waals surface area contributed by atoms with Gasteiger partial charge in [0.05, 0.1) is 0 Å². The van der Waals surface area contributed by atoms with Gasteiger partial charge in [-0.05, 0) is 19.0 Å². The van der Waals surface area contributed by atoms with Crippen LogP contribution in [0.4, 0.5) is 0 Å². The van der Waals surface area contributed by atoms with E-state index in [1.54, 1.807) is 0 Å². The summed E-state index contributed by atoms with van der Waals surface area (Å²) in [5, 5.41) is 0. The first kappa shape index (κ1) is 8.20. The molecule has 1 aliphatic heterocycles. The Morgan fingerprint density at radius 1 is 1.70 bits per heavy atom. The molecule has 1 fully saturated rings. The van der Waals surface area contributed by atoms with Gasteiger partial charge >= 0.3 is 0 Å². The Labute approximate surface area is 65.1 Å². The fourth-order valence-corrected chi connectivity index (χ4v) is 1.96. The minimum absolute atomic E-state index is 0.913. The zero-order valence-corrected chi connectivity index (χ0v) is 7.85. The molecule has 0 aromatic heterocycles. The Hall–Kier alpha value is 0.100. The summed E-state index contributed by atoms with van der Waals surface area (Å²) < 4.78 is 0. The van der Waals surface area contributed by atoms with Gasteiger partial charge in [0.2, 0.25) is 0 Å². The second kappa shape index (κ2) is 4.08. The highest BCUT2D eigenvalue weighted by atomic mass is 31.1. The Bertz CT molecular complexity index is 127. The lowest BCUT2D eigenvalue weighted by molar-refractivity contribution is 0.829. The maximum Gasteiger partial charge on any atom is 0.0276 e. The first-order chi connectivity index (χ1) is 4.88. The van der Waals surface area contributed by atoms with Crippen LogP contribution in [0, 0.1) is 0 Å². The van der Waals surface area contributed by atoms with Gasteiger partial charge in [-0.25, -0.2) is 0 Å². The normalized spacial score (nSPS) is 27.4. The van der Waals surface area contributed by atoms with E-state index in [-0.39, 0.29) is 0 Å². The van der Waals surface area contributed by atoms with Gasteiger partial charge in [-0.15, -0.1) is 8.58 Å². The van der Waals surface area contributed by atoms with Crippen LogP contribution in [0.1, 0.15) is 26.2 Å². The van der Waals surface area contributed by atoms with E-state index in [2.05, 4.69) is 11.9 Å². The summed E-state index contributed by atoms with van der Waals surface area (Å²) in [6, 6.07) is 0. The minimum atomic E-state index is 0.913. The summed E-state index contributed by atoms with van der Waals surface area (Å²) in [4.78, 5) is 4.31. The highest BCUT2D eigenvalue weighted by molar-refractivity contribution is 7.49. The minimum Gasteiger partial charge on any atom is -0.297 e. The maximum atomic E-state index is 4.31. The van der Waals surface area contributed by atoms with E-state index >= 15 is 0 Å². The van der Waals surface area contributed by atoms with Gasteiger partial charge < -0.3 is 0 Å². The van der Waals surface area contributed by atoms with Crippen molar-refractivity contribution in [2.24, 2.45) is 4.99 Å². The van der Waals surface area contributed by atoms with Gasteiger partial charge in [0.1, 0.15) is 0 Å². The molecule has 0 saturated carbocycles. The molecule has 58 valence electrons. The van der Waals surface area contributed by atoms with Crippen molar-refractivity contribution >= 4 is 14.3 Å². The molecular formula is C8H16NP. The molecule has 10 heavy (non-hydrogen) atoms. The largest absolute Gasteiger partial charge is 0.297 e. The van der Waals surface area contributed by atoms with Crippen molar-refractivity contribution in [3.05, 3.63) is 0 Å². The molecule has 1 saturated heterocycles. The molecule has 0 bridgehead atoms. The Balaban J connectivity index is 2.20. The van der Waals surface area contributed by atoms with Gasteiger partial charge in [0, 0.05) is 18.4 Å². The van der Waals surface area contributed by atoms with Crippen LogP contribution < -0.4 is 0 Å². The summed E-state index contributed by atoms with van der Waals surface area (Å²) in [6.07, 6.45) is 5.31. The molecular weight excluding hydrogens is 141 g/mol. The molecule has 1 nitrogen and oxygen atoms in total.